The molecule has 5 nitrogen and oxygen atoms in total. The standard InChI is InChI=1S/C10H13F6NO4/c1-7(2,3)21-6(20)9(12,13)8(4,11)10(14,5(18)19)17(15)16/h1-4H3,(H,18,19)/t8?,10-/m1/s1. The van der Waals surface area contributed by atoms with Gasteiger partial charge < -0.3 is 9.84 Å². The molecule has 21 heavy (non-hydrogen) atoms. The number of carbonyl (C=O) groups excluding carboxylic acids is 1. The summed E-state index contributed by atoms with van der Waals surface area (Å²) in [5, 5.41) is 5.41. The summed E-state index contributed by atoms with van der Waals surface area (Å²) >= 11 is 0. The van der Waals surface area contributed by atoms with E-state index < -0.39 is 47.2 Å². The van der Waals surface area contributed by atoms with Gasteiger partial charge in [-0.05, 0) is 27.7 Å². The van der Waals surface area contributed by atoms with Crippen LogP contribution in [0, 0.1) is 0 Å². The summed E-state index contributed by atoms with van der Waals surface area (Å²) in [5.41, 5.74) is -6.68. The molecule has 0 bridgehead atoms. The molecule has 0 fully saturated rings. The van der Waals surface area contributed by atoms with Gasteiger partial charge in [-0.15, -0.1) is 0 Å². The van der Waals surface area contributed by atoms with Gasteiger partial charge in [0.25, 0.3) is 0 Å². The van der Waals surface area contributed by atoms with E-state index >= 15 is 0 Å². The Balaban J connectivity index is 5.86. The third-order valence-corrected chi connectivity index (χ3v) is 2.38. The van der Waals surface area contributed by atoms with Crippen LogP contribution in [0.5, 0.6) is 0 Å². The molecule has 0 aliphatic rings. The SMILES string of the molecule is CC(C)(C)OC(=O)C(F)(F)C(C)(F)[C@@](F)(C(=O)O)N(F)F. The number of halogens is 6. The van der Waals surface area contributed by atoms with Crippen LogP contribution in [-0.2, 0) is 14.3 Å². The number of nitrogens with zero attached hydrogens (tertiary/aromatic N) is 1. The number of esters is 1. The zero-order valence-electron chi connectivity index (χ0n) is 11.4. The second-order valence-electron chi connectivity index (χ2n) is 5.24. The van der Waals surface area contributed by atoms with Crippen molar-refractivity contribution >= 4 is 11.9 Å². The third-order valence-electron chi connectivity index (χ3n) is 2.38. The lowest BCUT2D eigenvalue weighted by Crippen LogP contribution is -2.68. The number of aliphatic carboxylic acids is 1. The molecule has 0 saturated heterocycles. The van der Waals surface area contributed by atoms with Crippen molar-refractivity contribution in [2.24, 2.45) is 0 Å². The van der Waals surface area contributed by atoms with Gasteiger partial charge in [0.1, 0.15) is 5.60 Å². The molecule has 124 valence electrons. The Morgan fingerprint density at radius 1 is 1.00 bits per heavy atom. The van der Waals surface area contributed by atoms with Crippen LogP contribution >= 0.6 is 0 Å². The molecule has 0 spiro atoms. The predicted octanol–water partition coefficient (Wildman–Crippen LogP) is 2.51. The van der Waals surface area contributed by atoms with Crippen molar-refractivity contribution in [3.8, 4) is 0 Å². The molecule has 0 aromatic heterocycles. The highest BCUT2D eigenvalue weighted by molar-refractivity contribution is 5.85. The highest BCUT2D eigenvalue weighted by Crippen LogP contribution is 2.46. The van der Waals surface area contributed by atoms with Crippen LogP contribution in [0.3, 0.4) is 0 Å². The molecule has 2 atom stereocenters. The van der Waals surface area contributed by atoms with Crippen molar-refractivity contribution in [2.75, 3.05) is 0 Å². The first-order valence-corrected chi connectivity index (χ1v) is 5.36. The van der Waals surface area contributed by atoms with Crippen molar-refractivity contribution in [1.29, 1.82) is 0 Å². The molecule has 0 aliphatic heterocycles. The zero-order chi connectivity index (χ0) is 17.4. The molecule has 0 saturated carbocycles. The van der Waals surface area contributed by atoms with Crippen molar-refractivity contribution < 1.29 is 46.0 Å². The average molecular weight is 325 g/mol. The lowest BCUT2D eigenvalue weighted by atomic mass is 9.89. The number of carbonyl (C=O) groups is 2. The maximum atomic E-state index is 13.9. The summed E-state index contributed by atoms with van der Waals surface area (Å²) in [6.07, 6.45) is 0. The minimum atomic E-state index is -5.50. The highest BCUT2D eigenvalue weighted by Gasteiger charge is 2.77. The Bertz CT molecular complexity index is 434. The summed E-state index contributed by atoms with van der Waals surface area (Å²) in [4.78, 5) is 21.6. The van der Waals surface area contributed by atoms with Gasteiger partial charge in [-0.2, -0.15) is 8.78 Å². The number of carboxylic acids is 1. The molecule has 1 unspecified atom stereocenters. The average Bonchev–Trinajstić information content (AvgIpc) is 2.24. The maximum Gasteiger partial charge on any atom is 0.381 e. The van der Waals surface area contributed by atoms with E-state index in [1.165, 1.54) is 0 Å². The Hall–Kier alpha value is -1.52. The molecule has 0 aromatic rings. The van der Waals surface area contributed by atoms with Gasteiger partial charge in [0, 0.05) is 0 Å². The summed E-state index contributed by atoms with van der Waals surface area (Å²) in [5.74, 6) is -16.9. The molecule has 0 radical (unpaired) electrons. The summed E-state index contributed by atoms with van der Waals surface area (Å²) in [6, 6.07) is 0. The van der Waals surface area contributed by atoms with Crippen LogP contribution < -0.4 is 0 Å². The van der Waals surface area contributed by atoms with Gasteiger partial charge in [0.15, 0.2) is 0 Å². The van der Waals surface area contributed by atoms with Crippen LogP contribution in [0.2, 0.25) is 0 Å². The van der Waals surface area contributed by atoms with Crippen molar-refractivity contribution in [3.63, 3.8) is 0 Å². The molecule has 0 aromatic carbocycles. The second-order valence-corrected chi connectivity index (χ2v) is 5.24. The van der Waals surface area contributed by atoms with E-state index in [1.807, 2.05) is 0 Å². The minimum Gasteiger partial charge on any atom is -0.478 e. The van der Waals surface area contributed by atoms with Crippen molar-refractivity contribution in [3.05, 3.63) is 0 Å². The topological polar surface area (TPSA) is 66.8 Å². The first-order chi connectivity index (χ1) is 9.01. The van der Waals surface area contributed by atoms with E-state index in [1.54, 1.807) is 0 Å². The minimum absolute atomic E-state index is 0.475. The Morgan fingerprint density at radius 3 is 1.62 bits per heavy atom. The molecular weight excluding hydrogens is 312 g/mol. The highest BCUT2D eigenvalue weighted by atomic mass is 19.4. The van der Waals surface area contributed by atoms with E-state index in [2.05, 4.69) is 4.74 Å². The van der Waals surface area contributed by atoms with Crippen molar-refractivity contribution in [1.82, 2.24) is 5.34 Å². The van der Waals surface area contributed by atoms with E-state index in [0.29, 0.717) is 0 Å². The van der Waals surface area contributed by atoms with Gasteiger partial charge in [0.2, 0.25) is 5.67 Å². The largest absolute Gasteiger partial charge is 0.478 e. The normalized spacial score (nSPS) is 18.8. The first-order valence-electron chi connectivity index (χ1n) is 5.36. The van der Waals surface area contributed by atoms with E-state index in [0.717, 1.165) is 20.8 Å². The van der Waals surface area contributed by atoms with Gasteiger partial charge in [-0.3, -0.25) is 0 Å². The third kappa shape index (κ3) is 3.22. The number of hydrogen-bond donors (Lipinski definition) is 1. The van der Waals surface area contributed by atoms with E-state index in [9.17, 15) is 36.1 Å². The molecule has 11 heteroatoms. The van der Waals surface area contributed by atoms with Gasteiger partial charge in [-0.1, -0.05) is 8.96 Å². The van der Waals surface area contributed by atoms with E-state index in [4.69, 9.17) is 5.11 Å². The van der Waals surface area contributed by atoms with Gasteiger partial charge in [-0.25, -0.2) is 18.4 Å². The van der Waals surface area contributed by atoms with Crippen LogP contribution in [0.25, 0.3) is 0 Å². The number of alkyl halides is 4. The number of carboxylic acid groups (broad SMARTS) is 1. The first kappa shape index (κ1) is 19.5. The number of hydrogen-bond acceptors (Lipinski definition) is 4. The van der Waals surface area contributed by atoms with Gasteiger partial charge in [0.05, 0.1) is 5.34 Å². The van der Waals surface area contributed by atoms with E-state index in [-0.39, 0.29) is 0 Å². The summed E-state index contributed by atoms with van der Waals surface area (Å²) in [7, 11) is 0. The molecule has 0 heterocycles. The summed E-state index contributed by atoms with van der Waals surface area (Å²) < 4.78 is 83.5. The molecule has 1 N–H and O–H groups in total. The van der Waals surface area contributed by atoms with Crippen LogP contribution in [0.15, 0.2) is 0 Å². The monoisotopic (exact) mass is 325 g/mol. The molecule has 0 aliphatic carbocycles. The molecule has 0 amide bonds. The van der Waals surface area contributed by atoms with Gasteiger partial charge >= 0.3 is 23.7 Å². The number of rotatable bonds is 5. The van der Waals surface area contributed by atoms with Crippen molar-refractivity contribution in [2.45, 2.75) is 50.7 Å². The molecular formula is C10H13F6NO4. The maximum absolute atomic E-state index is 13.9. The smallest absolute Gasteiger partial charge is 0.381 e. The zero-order valence-corrected chi connectivity index (χ0v) is 11.4. The quantitative estimate of drug-likeness (QED) is 0.364. The lowest BCUT2D eigenvalue weighted by molar-refractivity contribution is -0.337. The van der Waals surface area contributed by atoms with Crippen LogP contribution in [0.4, 0.5) is 26.5 Å². The fraction of sp³-hybridized carbons (Fsp3) is 0.800. The Labute approximate surface area is 115 Å². The summed E-state index contributed by atoms with van der Waals surface area (Å²) in [6.45, 7) is 2.84. The predicted molar refractivity (Wildman–Crippen MR) is 55.8 cm³/mol. The molecule has 0 rings (SSSR count). The Morgan fingerprint density at radius 2 is 1.38 bits per heavy atom. The van der Waals surface area contributed by atoms with Crippen LogP contribution in [0.1, 0.15) is 27.7 Å². The lowest BCUT2D eigenvalue weighted by Gasteiger charge is -2.37. The van der Waals surface area contributed by atoms with Crippen LogP contribution in [-0.4, -0.2) is 45.4 Å². The fourth-order valence-electron chi connectivity index (χ4n) is 1.17. The number of ether oxygens (including phenoxy) is 1. The second kappa shape index (κ2) is 5.35. The fourth-order valence-corrected chi connectivity index (χ4v) is 1.17. The Kier molecular flexibility index (Phi) is 4.97.